The van der Waals surface area contributed by atoms with Crippen LogP contribution in [0.1, 0.15) is 11.3 Å². The van der Waals surface area contributed by atoms with Crippen LogP contribution < -0.4 is 4.18 Å². The van der Waals surface area contributed by atoms with Gasteiger partial charge in [0.25, 0.3) is 0 Å². The van der Waals surface area contributed by atoms with Crippen molar-refractivity contribution < 1.29 is 38.9 Å². The molecule has 0 aliphatic carbocycles. The van der Waals surface area contributed by atoms with Gasteiger partial charge in [-0.05, 0) is 31.2 Å². The first-order chi connectivity index (χ1) is 13.3. The second-order valence-corrected chi connectivity index (χ2v) is 7.38. The Kier molecular flexibility index (Phi) is 4.93. The predicted octanol–water partition coefficient (Wildman–Crippen LogP) is 4.85. The molecule has 2 aromatic carbocycles. The molecule has 0 aliphatic rings. The van der Waals surface area contributed by atoms with Crippen molar-refractivity contribution in [3.63, 3.8) is 0 Å². The van der Waals surface area contributed by atoms with Crippen molar-refractivity contribution in [1.29, 1.82) is 0 Å². The van der Waals surface area contributed by atoms with Crippen LogP contribution in [0.15, 0.2) is 42.5 Å². The van der Waals surface area contributed by atoms with E-state index in [0.717, 1.165) is 24.3 Å². The van der Waals surface area contributed by atoms with Crippen LogP contribution in [-0.4, -0.2) is 23.9 Å². The molecule has 0 N–H and O–H groups in total. The molecule has 12 heteroatoms. The molecule has 5 nitrogen and oxygen atoms in total. The summed E-state index contributed by atoms with van der Waals surface area (Å²) in [6.07, 6.45) is -4.65. The average Bonchev–Trinajstić information content (AvgIpc) is 2.58. The van der Waals surface area contributed by atoms with Gasteiger partial charge in [-0.25, -0.2) is 9.97 Å². The van der Waals surface area contributed by atoms with E-state index in [2.05, 4.69) is 14.2 Å². The number of hydrogen-bond acceptors (Lipinski definition) is 5. The molecular formula is C17H10F6N2O3S. The van der Waals surface area contributed by atoms with Crippen LogP contribution in [0.2, 0.25) is 0 Å². The van der Waals surface area contributed by atoms with Gasteiger partial charge < -0.3 is 4.18 Å². The van der Waals surface area contributed by atoms with E-state index in [4.69, 9.17) is 0 Å². The third-order valence-corrected chi connectivity index (χ3v) is 4.75. The summed E-state index contributed by atoms with van der Waals surface area (Å²) in [5, 5.41) is 0. The van der Waals surface area contributed by atoms with Gasteiger partial charge in [-0.2, -0.15) is 34.8 Å². The van der Waals surface area contributed by atoms with E-state index in [9.17, 15) is 34.8 Å². The fourth-order valence-corrected chi connectivity index (χ4v) is 2.98. The lowest BCUT2D eigenvalue weighted by Gasteiger charge is -2.13. The Labute approximate surface area is 160 Å². The van der Waals surface area contributed by atoms with Gasteiger partial charge in [0.05, 0.1) is 22.5 Å². The van der Waals surface area contributed by atoms with Crippen LogP contribution in [0.3, 0.4) is 0 Å². The molecule has 1 heterocycles. The van der Waals surface area contributed by atoms with E-state index in [1.807, 2.05) is 0 Å². The van der Waals surface area contributed by atoms with E-state index in [1.54, 1.807) is 0 Å². The zero-order valence-electron chi connectivity index (χ0n) is 14.3. The summed E-state index contributed by atoms with van der Waals surface area (Å²) in [6, 6.07) is 7.85. The minimum Gasteiger partial charge on any atom is -0.376 e. The van der Waals surface area contributed by atoms with E-state index >= 15 is 0 Å². The number of fused-ring (bicyclic) bond motifs is 1. The second kappa shape index (κ2) is 6.87. The lowest BCUT2D eigenvalue weighted by Crippen LogP contribution is -2.28. The quantitative estimate of drug-likeness (QED) is 0.334. The van der Waals surface area contributed by atoms with E-state index in [-0.39, 0.29) is 28.0 Å². The zero-order valence-corrected chi connectivity index (χ0v) is 15.2. The van der Waals surface area contributed by atoms with Crippen molar-refractivity contribution in [2.45, 2.75) is 18.6 Å². The number of rotatable bonds is 3. The van der Waals surface area contributed by atoms with Gasteiger partial charge in [-0.3, -0.25) is 0 Å². The highest BCUT2D eigenvalue weighted by Gasteiger charge is 2.48. The number of nitrogens with zero attached hydrogens (tertiary/aromatic N) is 2. The lowest BCUT2D eigenvalue weighted by atomic mass is 10.1. The number of alkyl halides is 6. The van der Waals surface area contributed by atoms with Crippen LogP contribution in [-0.2, 0) is 16.3 Å². The molecule has 29 heavy (non-hydrogen) atoms. The summed E-state index contributed by atoms with van der Waals surface area (Å²) in [7, 11) is -5.88. The number of aryl methyl sites for hydroxylation is 1. The summed E-state index contributed by atoms with van der Waals surface area (Å²) in [5.74, 6) is -0.634. The molecule has 0 amide bonds. The number of benzene rings is 2. The van der Waals surface area contributed by atoms with Crippen molar-refractivity contribution in [3.05, 3.63) is 53.7 Å². The van der Waals surface area contributed by atoms with Crippen LogP contribution in [0.4, 0.5) is 26.3 Å². The van der Waals surface area contributed by atoms with Gasteiger partial charge in [0.15, 0.2) is 0 Å². The molecule has 1 aromatic heterocycles. The minimum absolute atomic E-state index is 0.0602. The molecule has 0 fully saturated rings. The molecule has 0 bridgehead atoms. The average molecular weight is 436 g/mol. The van der Waals surface area contributed by atoms with Crippen molar-refractivity contribution >= 4 is 21.2 Å². The standard InChI is InChI=1S/C17H10F6N2O3S/c1-9-14(25-13-7-3-6-12(15(13)24-9)16(18,19)20)10-4-2-5-11(8-10)28-29(26,27)17(21,22)23/h2-8H,1H3. The van der Waals surface area contributed by atoms with E-state index in [1.165, 1.54) is 25.1 Å². The predicted molar refractivity (Wildman–Crippen MR) is 90.3 cm³/mol. The summed E-state index contributed by atoms with van der Waals surface area (Å²) >= 11 is 0. The van der Waals surface area contributed by atoms with Crippen LogP contribution in [0.25, 0.3) is 22.3 Å². The van der Waals surface area contributed by atoms with Crippen molar-refractivity contribution in [1.82, 2.24) is 9.97 Å². The first-order valence-electron chi connectivity index (χ1n) is 7.75. The molecule has 154 valence electrons. The Morgan fingerprint density at radius 3 is 2.21 bits per heavy atom. The highest BCUT2D eigenvalue weighted by atomic mass is 32.2. The smallest absolute Gasteiger partial charge is 0.376 e. The highest BCUT2D eigenvalue weighted by molar-refractivity contribution is 7.88. The van der Waals surface area contributed by atoms with Gasteiger partial charge in [0.2, 0.25) is 0 Å². The first kappa shape index (κ1) is 20.8. The molecule has 0 spiro atoms. The fourth-order valence-electron chi connectivity index (χ4n) is 2.53. The summed E-state index contributed by atoms with van der Waals surface area (Å²) in [4.78, 5) is 8.06. The molecule has 3 rings (SSSR count). The Balaban J connectivity index is 2.09. The molecule has 0 saturated heterocycles. The van der Waals surface area contributed by atoms with Crippen molar-refractivity contribution in [2.24, 2.45) is 0 Å². The Morgan fingerprint density at radius 2 is 1.59 bits per heavy atom. The van der Waals surface area contributed by atoms with Gasteiger partial charge in [-0.15, -0.1) is 0 Å². The number of aromatic nitrogens is 2. The largest absolute Gasteiger partial charge is 0.534 e. The number of hydrogen-bond donors (Lipinski definition) is 0. The Morgan fingerprint density at radius 1 is 0.931 bits per heavy atom. The number of halogens is 6. The van der Waals surface area contributed by atoms with E-state index in [0.29, 0.717) is 0 Å². The Hall–Kier alpha value is -2.89. The summed E-state index contributed by atoms with van der Waals surface area (Å²) < 4.78 is 103. The molecule has 0 atom stereocenters. The third-order valence-electron chi connectivity index (χ3n) is 3.77. The normalized spacial score (nSPS) is 12.9. The fraction of sp³-hybridized carbons (Fsp3) is 0.176. The number of para-hydroxylation sites is 1. The molecule has 0 unspecified atom stereocenters. The van der Waals surface area contributed by atoms with Crippen LogP contribution >= 0.6 is 0 Å². The highest BCUT2D eigenvalue weighted by Crippen LogP contribution is 2.35. The topological polar surface area (TPSA) is 69.2 Å². The minimum atomic E-state index is -5.88. The maximum Gasteiger partial charge on any atom is 0.534 e. The van der Waals surface area contributed by atoms with Crippen LogP contribution in [0, 0.1) is 6.92 Å². The SMILES string of the molecule is Cc1nc2c(C(F)(F)F)cccc2nc1-c1cccc(OS(=O)(=O)C(F)(F)F)c1. The van der Waals surface area contributed by atoms with Gasteiger partial charge in [0.1, 0.15) is 11.3 Å². The van der Waals surface area contributed by atoms with Gasteiger partial charge in [0, 0.05) is 5.56 Å². The van der Waals surface area contributed by atoms with Crippen LogP contribution in [0.5, 0.6) is 5.75 Å². The van der Waals surface area contributed by atoms with Gasteiger partial charge in [-0.1, -0.05) is 18.2 Å². The molecular weight excluding hydrogens is 426 g/mol. The lowest BCUT2D eigenvalue weighted by molar-refractivity contribution is -0.136. The van der Waals surface area contributed by atoms with Crippen molar-refractivity contribution in [2.75, 3.05) is 0 Å². The summed E-state index contributed by atoms with van der Waals surface area (Å²) in [5.41, 5.74) is -6.83. The zero-order chi connectivity index (χ0) is 21.6. The summed E-state index contributed by atoms with van der Waals surface area (Å²) in [6.45, 7) is 1.37. The molecule has 3 aromatic rings. The Bertz CT molecular complexity index is 1190. The maximum atomic E-state index is 13.1. The first-order valence-corrected chi connectivity index (χ1v) is 9.16. The monoisotopic (exact) mass is 436 g/mol. The molecule has 0 aliphatic heterocycles. The molecule has 0 radical (unpaired) electrons. The third kappa shape index (κ3) is 4.11. The second-order valence-electron chi connectivity index (χ2n) is 5.84. The molecule has 0 saturated carbocycles. The maximum absolute atomic E-state index is 13.1. The van der Waals surface area contributed by atoms with Crippen molar-refractivity contribution in [3.8, 4) is 17.0 Å². The van der Waals surface area contributed by atoms with Gasteiger partial charge >= 0.3 is 21.8 Å². The van der Waals surface area contributed by atoms with E-state index < -0.39 is 33.1 Å².